The molecule has 0 aliphatic carbocycles. The van der Waals surface area contributed by atoms with E-state index < -0.39 is 4.92 Å². The third-order valence-electron chi connectivity index (χ3n) is 4.08. The van der Waals surface area contributed by atoms with Crippen molar-refractivity contribution in [3.63, 3.8) is 0 Å². The number of non-ortho nitro benzene ring substituents is 1. The molecule has 6 heteroatoms. The molecule has 2 aromatic carbocycles. The molecule has 124 valence electrons. The van der Waals surface area contributed by atoms with Crippen LogP contribution in [0.2, 0.25) is 0 Å². The molecule has 0 atom stereocenters. The molecule has 0 aliphatic rings. The highest BCUT2D eigenvalue weighted by atomic mass is 16.6. The van der Waals surface area contributed by atoms with Crippen LogP contribution in [0.25, 0.3) is 10.9 Å². The van der Waals surface area contributed by atoms with Crippen molar-refractivity contribution in [3.05, 3.63) is 75.8 Å². The summed E-state index contributed by atoms with van der Waals surface area (Å²) < 4.78 is 0. The number of hydrogen-bond acceptors (Lipinski definition) is 5. The summed E-state index contributed by atoms with van der Waals surface area (Å²) >= 11 is 0. The minimum atomic E-state index is -0.472. The maximum absolute atomic E-state index is 10.9. The van der Waals surface area contributed by atoms with Gasteiger partial charge in [-0.25, -0.2) is 4.98 Å². The lowest BCUT2D eigenvalue weighted by Gasteiger charge is -2.19. The zero-order valence-corrected chi connectivity index (χ0v) is 13.7. The van der Waals surface area contributed by atoms with Crippen molar-refractivity contribution in [2.24, 2.45) is 0 Å². The number of aromatic nitrogens is 1. The van der Waals surface area contributed by atoms with Gasteiger partial charge >= 0.3 is 0 Å². The summed E-state index contributed by atoms with van der Waals surface area (Å²) in [6.45, 7) is 0.750. The van der Waals surface area contributed by atoms with Crippen LogP contribution in [0.1, 0.15) is 11.1 Å². The molecule has 0 spiro atoms. The third kappa shape index (κ3) is 3.56. The maximum atomic E-state index is 10.9. The molecule has 0 aliphatic heterocycles. The topological polar surface area (TPSA) is 83.1 Å². The van der Waals surface area contributed by atoms with Crippen LogP contribution < -0.4 is 4.90 Å². The van der Waals surface area contributed by atoms with Gasteiger partial charge in [-0.3, -0.25) is 10.1 Å². The molecule has 0 radical (unpaired) electrons. The molecule has 6 nitrogen and oxygen atoms in total. The van der Waals surface area contributed by atoms with Crippen molar-refractivity contribution in [3.8, 4) is 6.07 Å². The standard InChI is InChI=1S/C19H16N4O2/c1-22(10-9-14-5-3-2-4-6-14)19-11-15(13-20)17-12-16(23(24)25)7-8-18(17)21-19/h2-8,11-12H,9-10H2,1H3. The molecule has 1 aromatic heterocycles. The van der Waals surface area contributed by atoms with Crippen LogP contribution in [-0.4, -0.2) is 23.5 Å². The lowest BCUT2D eigenvalue weighted by Crippen LogP contribution is -2.21. The van der Waals surface area contributed by atoms with Crippen LogP contribution in [0, 0.1) is 21.4 Å². The third-order valence-corrected chi connectivity index (χ3v) is 4.08. The van der Waals surface area contributed by atoms with Crippen LogP contribution in [-0.2, 0) is 6.42 Å². The van der Waals surface area contributed by atoms with E-state index in [0.29, 0.717) is 22.3 Å². The largest absolute Gasteiger partial charge is 0.359 e. The van der Waals surface area contributed by atoms with Gasteiger partial charge in [0.15, 0.2) is 0 Å². The first-order chi connectivity index (χ1) is 12.1. The Kier molecular flexibility index (Phi) is 4.57. The van der Waals surface area contributed by atoms with Gasteiger partial charge < -0.3 is 4.90 Å². The van der Waals surface area contributed by atoms with E-state index in [4.69, 9.17) is 0 Å². The number of nitro benzene ring substituents is 1. The van der Waals surface area contributed by atoms with E-state index in [-0.39, 0.29) is 5.69 Å². The molecule has 0 fully saturated rings. The fourth-order valence-corrected chi connectivity index (χ4v) is 2.66. The summed E-state index contributed by atoms with van der Waals surface area (Å²) in [4.78, 5) is 17.0. The highest BCUT2D eigenvalue weighted by molar-refractivity contribution is 5.88. The maximum Gasteiger partial charge on any atom is 0.270 e. The number of benzene rings is 2. The smallest absolute Gasteiger partial charge is 0.270 e. The SMILES string of the molecule is CN(CCc1ccccc1)c1cc(C#N)c2cc([N+](=O)[O-])ccc2n1. The average Bonchev–Trinajstić information content (AvgIpc) is 2.65. The number of hydrogen-bond donors (Lipinski definition) is 0. The van der Waals surface area contributed by atoms with Crippen LogP contribution in [0.3, 0.4) is 0 Å². The second-order valence-corrected chi connectivity index (χ2v) is 5.76. The Labute approximate surface area is 145 Å². The summed E-state index contributed by atoms with van der Waals surface area (Å²) in [5.41, 5.74) is 2.14. The van der Waals surface area contributed by atoms with E-state index in [9.17, 15) is 15.4 Å². The summed E-state index contributed by atoms with van der Waals surface area (Å²) in [6.07, 6.45) is 0.860. The Bertz CT molecular complexity index is 964. The molecule has 1 heterocycles. The minimum Gasteiger partial charge on any atom is -0.359 e. The van der Waals surface area contributed by atoms with Crippen molar-refractivity contribution in [1.29, 1.82) is 5.26 Å². The molecule has 3 rings (SSSR count). The quantitative estimate of drug-likeness (QED) is 0.525. The number of nitriles is 1. The number of fused-ring (bicyclic) bond motifs is 1. The number of nitrogens with zero attached hydrogens (tertiary/aromatic N) is 4. The van der Waals surface area contributed by atoms with Gasteiger partial charge in [-0.2, -0.15) is 5.26 Å². The predicted molar refractivity (Wildman–Crippen MR) is 96.5 cm³/mol. The molecular formula is C19H16N4O2. The number of anilines is 1. The minimum absolute atomic E-state index is 0.0454. The number of nitro groups is 1. The van der Waals surface area contributed by atoms with Crippen LogP contribution >= 0.6 is 0 Å². The fourth-order valence-electron chi connectivity index (χ4n) is 2.66. The van der Waals surface area contributed by atoms with Crippen LogP contribution in [0.5, 0.6) is 0 Å². The van der Waals surface area contributed by atoms with E-state index in [0.717, 1.165) is 13.0 Å². The molecule has 3 aromatic rings. The van der Waals surface area contributed by atoms with Gasteiger partial charge in [-0.05, 0) is 24.1 Å². The monoisotopic (exact) mass is 332 g/mol. The van der Waals surface area contributed by atoms with E-state index in [1.165, 1.54) is 17.7 Å². The number of rotatable bonds is 5. The summed E-state index contributed by atoms with van der Waals surface area (Å²) in [7, 11) is 1.92. The summed E-state index contributed by atoms with van der Waals surface area (Å²) in [5, 5.41) is 20.8. The first-order valence-electron chi connectivity index (χ1n) is 7.83. The van der Waals surface area contributed by atoms with Crippen molar-refractivity contribution in [1.82, 2.24) is 4.98 Å². The Morgan fingerprint density at radius 3 is 2.64 bits per heavy atom. The summed E-state index contributed by atoms with van der Waals surface area (Å²) in [5.74, 6) is 0.675. The predicted octanol–water partition coefficient (Wildman–Crippen LogP) is 3.69. The van der Waals surface area contributed by atoms with Crippen LogP contribution in [0.15, 0.2) is 54.6 Å². The molecule has 0 amide bonds. The van der Waals surface area contributed by atoms with Gasteiger partial charge in [0.2, 0.25) is 0 Å². The van der Waals surface area contributed by atoms with E-state index >= 15 is 0 Å². The van der Waals surface area contributed by atoms with Crippen molar-refractivity contribution >= 4 is 22.4 Å². The molecule has 0 N–H and O–H groups in total. The normalized spacial score (nSPS) is 10.4. The Morgan fingerprint density at radius 1 is 1.20 bits per heavy atom. The first kappa shape index (κ1) is 16.4. The highest BCUT2D eigenvalue weighted by Gasteiger charge is 2.13. The second kappa shape index (κ2) is 6.97. The van der Waals surface area contributed by atoms with Crippen molar-refractivity contribution < 1.29 is 4.92 Å². The molecule has 0 saturated heterocycles. The van der Waals surface area contributed by atoms with Gasteiger partial charge in [0, 0.05) is 31.1 Å². The van der Waals surface area contributed by atoms with Crippen molar-refractivity contribution in [2.75, 3.05) is 18.5 Å². The molecule has 0 unspecified atom stereocenters. The Balaban J connectivity index is 1.90. The second-order valence-electron chi connectivity index (χ2n) is 5.76. The van der Waals surface area contributed by atoms with Crippen LogP contribution in [0.4, 0.5) is 11.5 Å². The van der Waals surface area contributed by atoms with Gasteiger partial charge in [0.1, 0.15) is 5.82 Å². The van der Waals surface area contributed by atoms with E-state index in [1.54, 1.807) is 12.1 Å². The van der Waals surface area contributed by atoms with Crippen molar-refractivity contribution in [2.45, 2.75) is 6.42 Å². The molecule has 0 bridgehead atoms. The van der Waals surface area contributed by atoms with E-state index in [2.05, 4.69) is 23.2 Å². The summed E-state index contributed by atoms with van der Waals surface area (Å²) in [6, 6.07) is 18.3. The fraction of sp³-hybridized carbons (Fsp3) is 0.158. The zero-order valence-electron chi connectivity index (χ0n) is 13.7. The van der Waals surface area contributed by atoms with Gasteiger partial charge in [0.05, 0.1) is 22.1 Å². The first-order valence-corrected chi connectivity index (χ1v) is 7.83. The van der Waals surface area contributed by atoms with Gasteiger partial charge in [0.25, 0.3) is 5.69 Å². The van der Waals surface area contributed by atoms with E-state index in [1.807, 2.05) is 30.1 Å². The number of pyridine rings is 1. The Morgan fingerprint density at radius 2 is 1.96 bits per heavy atom. The average molecular weight is 332 g/mol. The Hall–Kier alpha value is -3.46. The lowest BCUT2D eigenvalue weighted by molar-refractivity contribution is -0.384. The van der Waals surface area contributed by atoms with Gasteiger partial charge in [-0.15, -0.1) is 0 Å². The lowest BCUT2D eigenvalue weighted by atomic mass is 10.1. The van der Waals surface area contributed by atoms with Gasteiger partial charge in [-0.1, -0.05) is 30.3 Å². The number of likely N-dealkylation sites (N-methyl/N-ethyl adjacent to an activating group) is 1. The highest BCUT2D eigenvalue weighted by Crippen LogP contribution is 2.26. The molecule has 0 saturated carbocycles. The molecule has 25 heavy (non-hydrogen) atoms. The molecular weight excluding hydrogens is 316 g/mol. The zero-order chi connectivity index (χ0) is 17.8.